The van der Waals surface area contributed by atoms with Gasteiger partial charge < -0.3 is 9.84 Å². The summed E-state index contributed by atoms with van der Waals surface area (Å²) < 4.78 is 6.79. The zero-order valence-corrected chi connectivity index (χ0v) is 20.8. The number of halogens is 1. The highest BCUT2D eigenvalue weighted by Gasteiger charge is 2.22. The molecule has 0 amide bonds. The van der Waals surface area contributed by atoms with Crippen molar-refractivity contribution < 1.29 is 9.84 Å². The summed E-state index contributed by atoms with van der Waals surface area (Å²) >= 11 is 0. The van der Waals surface area contributed by atoms with Crippen LogP contribution in [0.3, 0.4) is 0 Å². The van der Waals surface area contributed by atoms with Gasteiger partial charge in [0.25, 0.3) is 0 Å². The number of benzene rings is 4. The lowest BCUT2D eigenvalue weighted by Gasteiger charge is -2.26. The molecule has 0 aromatic heterocycles. The molecule has 4 aromatic rings. The molecule has 0 fully saturated rings. The van der Waals surface area contributed by atoms with Gasteiger partial charge in [0.15, 0.2) is 0 Å². The second-order valence-corrected chi connectivity index (χ2v) is 8.13. The van der Waals surface area contributed by atoms with Crippen LogP contribution in [0.4, 0.5) is 0 Å². The van der Waals surface area contributed by atoms with Crippen molar-refractivity contribution in [2.75, 3.05) is 14.1 Å². The lowest BCUT2D eigenvalue weighted by atomic mass is 9.98. The molecule has 1 N–H and O–H groups in total. The molecule has 0 heterocycles. The molecule has 0 aliphatic rings. The monoisotopic (exact) mass is 475 g/mol. The van der Waals surface area contributed by atoms with Gasteiger partial charge >= 0.3 is 0 Å². The van der Waals surface area contributed by atoms with E-state index >= 15 is 0 Å². The van der Waals surface area contributed by atoms with Crippen LogP contribution in [0, 0.1) is 0 Å². The Hall–Kier alpha value is -2.95. The molecule has 0 saturated carbocycles. The maximum absolute atomic E-state index is 8.56. The van der Waals surface area contributed by atoms with Gasteiger partial charge in [0.1, 0.15) is 18.4 Å². The highest BCUT2D eigenvalue weighted by molar-refractivity contribution is 5.85. The van der Waals surface area contributed by atoms with Gasteiger partial charge in [-0.3, -0.25) is 4.90 Å². The van der Waals surface area contributed by atoms with Crippen molar-refractivity contribution in [3.8, 4) is 0 Å². The van der Waals surface area contributed by atoms with Gasteiger partial charge in [-0.15, -0.1) is 12.4 Å². The quantitative estimate of drug-likeness (QED) is 0.295. The van der Waals surface area contributed by atoms with Crippen molar-refractivity contribution in [1.29, 1.82) is 0 Å². The van der Waals surface area contributed by atoms with Crippen molar-refractivity contribution in [2.45, 2.75) is 25.4 Å². The number of hydrogen-bond donors (Lipinski definition) is 1. The van der Waals surface area contributed by atoms with Crippen molar-refractivity contribution in [3.63, 3.8) is 0 Å². The van der Waals surface area contributed by atoms with Crippen molar-refractivity contribution in [2.24, 2.45) is 0 Å². The van der Waals surface area contributed by atoms with Gasteiger partial charge in [0.2, 0.25) is 0 Å². The van der Waals surface area contributed by atoms with Crippen LogP contribution in [0.25, 0.3) is 0 Å². The molecular weight excluding hydrogens is 442 g/mol. The summed E-state index contributed by atoms with van der Waals surface area (Å²) in [5.74, 6) is 0. The third kappa shape index (κ3) is 8.12. The Bertz CT molecular complexity index is 876. The number of hydrogen-bond acceptors (Lipinski definition) is 3. The average molecular weight is 476 g/mol. The van der Waals surface area contributed by atoms with Gasteiger partial charge in [0.05, 0.1) is 0 Å². The number of nitrogens with zero attached hydrogens (tertiary/aromatic N) is 1. The fourth-order valence-electron chi connectivity index (χ4n) is 3.35. The number of rotatable bonds is 7. The second-order valence-electron chi connectivity index (χ2n) is 8.13. The molecule has 178 valence electrons. The molecule has 34 heavy (non-hydrogen) atoms. The summed E-state index contributed by atoms with van der Waals surface area (Å²) in [5, 5.41) is 8.56. The molecule has 4 heteroatoms. The molecule has 4 rings (SSSR count). The number of ether oxygens (including phenoxy) is 1. The van der Waals surface area contributed by atoms with Crippen LogP contribution < -0.4 is 0 Å². The van der Waals surface area contributed by atoms with E-state index in [1.807, 2.05) is 38.4 Å². The van der Waals surface area contributed by atoms with Gasteiger partial charge in [-0.05, 0) is 43.3 Å². The molecule has 0 aliphatic heterocycles. The predicted octanol–water partition coefficient (Wildman–Crippen LogP) is 6.89. The van der Waals surface area contributed by atoms with E-state index in [1.165, 1.54) is 0 Å². The van der Waals surface area contributed by atoms with Crippen LogP contribution in [0.5, 0.6) is 0 Å². The Morgan fingerprint density at radius 2 is 0.735 bits per heavy atom. The zero-order chi connectivity index (χ0) is 23.5. The molecule has 0 saturated heterocycles. The largest absolute Gasteiger partial charge is 0.379 e. The highest BCUT2D eigenvalue weighted by Crippen LogP contribution is 2.35. The molecule has 4 aromatic carbocycles. The standard InChI is InChI=1S/C26H22O.C4H11NO.ClH/c1-5-13-21(14-6-1)25(22-15-7-2-8-16-22)27-26(23-17-9-3-10-18-23)24-19-11-4-12-20-24;1-4(6)5(2)3;/h1-20,25-26H;4,6H,1-3H3;1H. The first-order valence-corrected chi connectivity index (χ1v) is 11.3. The van der Waals surface area contributed by atoms with E-state index in [0.717, 1.165) is 22.3 Å². The zero-order valence-electron chi connectivity index (χ0n) is 20.0. The maximum Gasteiger partial charge on any atom is 0.109 e. The van der Waals surface area contributed by atoms with Gasteiger partial charge in [0, 0.05) is 0 Å². The lowest BCUT2D eigenvalue weighted by Crippen LogP contribution is -2.23. The summed E-state index contributed by atoms with van der Waals surface area (Å²) in [6.07, 6.45) is -0.597. The fourth-order valence-corrected chi connectivity index (χ4v) is 3.35. The first kappa shape index (κ1) is 27.3. The van der Waals surface area contributed by atoms with Crippen LogP contribution in [-0.2, 0) is 4.74 Å². The Balaban J connectivity index is 0.000000521. The summed E-state index contributed by atoms with van der Waals surface area (Å²) in [6.45, 7) is 1.72. The third-order valence-corrected chi connectivity index (χ3v) is 5.43. The van der Waals surface area contributed by atoms with Crippen molar-refractivity contribution in [1.82, 2.24) is 4.90 Å². The maximum atomic E-state index is 8.56. The second kappa shape index (κ2) is 14.3. The van der Waals surface area contributed by atoms with Gasteiger partial charge in [-0.2, -0.15) is 0 Å². The van der Waals surface area contributed by atoms with E-state index < -0.39 is 0 Å². The van der Waals surface area contributed by atoms with Crippen molar-refractivity contribution in [3.05, 3.63) is 144 Å². The minimum atomic E-state index is -0.315. The van der Waals surface area contributed by atoms with Gasteiger partial charge in [-0.25, -0.2) is 0 Å². The summed E-state index contributed by atoms with van der Waals surface area (Å²) in [7, 11) is 3.65. The first-order valence-electron chi connectivity index (χ1n) is 11.3. The van der Waals surface area contributed by atoms with Crippen LogP contribution in [0.1, 0.15) is 41.4 Å². The van der Waals surface area contributed by atoms with E-state index in [0.29, 0.717) is 0 Å². The normalized spacial score (nSPS) is 11.5. The van der Waals surface area contributed by atoms with Crippen molar-refractivity contribution >= 4 is 12.4 Å². The predicted molar refractivity (Wildman–Crippen MR) is 143 cm³/mol. The minimum absolute atomic E-state index is 0. The van der Waals surface area contributed by atoms with Crippen LogP contribution in [0.2, 0.25) is 0 Å². The smallest absolute Gasteiger partial charge is 0.109 e. The molecule has 3 nitrogen and oxygen atoms in total. The Morgan fingerprint density at radius 1 is 0.529 bits per heavy atom. The van der Waals surface area contributed by atoms with E-state index in [9.17, 15) is 0 Å². The summed E-state index contributed by atoms with van der Waals surface area (Å²) in [4.78, 5) is 1.72. The van der Waals surface area contributed by atoms with Crippen LogP contribution >= 0.6 is 12.4 Å². The minimum Gasteiger partial charge on any atom is -0.379 e. The molecule has 1 unspecified atom stereocenters. The topological polar surface area (TPSA) is 32.7 Å². The summed E-state index contributed by atoms with van der Waals surface area (Å²) in [6, 6.07) is 41.7. The van der Waals surface area contributed by atoms with E-state index in [2.05, 4.69) is 97.1 Å². The Morgan fingerprint density at radius 3 is 0.912 bits per heavy atom. The highest BCUT2D eigenvalue weighted by atomic mass is 35.5. The first-order chi connectivity index (χ1) is 16.1. The van der Waals surface area contributed by atoms with E-state index in [-0.39, 0.29) is 30.8 Å². The summed E-state index contributed by atoms with van der Waals surface area (Å²) in [5.41, 5.74) is 4.61. The molecular formula is C30H34ClNO2. The third-order valence-electron chi connectivity index (χ3n) is 5.43. The molecule has 0 spiro atoms. The number of aliphatic hydroxyl groups excluding tert-OH is 1. The van der Waals surface area contributed by atoms with Crippen LogP contribution in [-0.4, -0.2) is 30.3 Å². The number of aliphatic hydroxyl groups is 1. The van der Waals surface area contributed by atoms with Gasteiger partial charge in [-0.1, -0.05) is 121 Å². The SMILES string of the molecule is CC(O)N(C)C.Cl.c1ccc(C(OC(c2ccccc2)c2ccccc2)c2ccccc2)cc1. The fraction of sp³-hybridized carbons (Fsp3) is 0.200. The average Bonchev–Trinajstić information content (AvgIpc) is 2.87. The van der Waals surface area contributed by atoms with Crippen LogP contribution in [0.15, 0.2) is 121 Å². The Labute approximate surface area is 210 Å². The molecule has 1 atom stereocenters. The molecule has 0 aliphatic carbocycles. The van der Waals surface area contributed by atoms with E-state index in [1.54, 1.807) is 11.8 Å². The molecule has 0 bridgehead atoms. The van der Waals surface area contributed by atoms with E-state index in [4.69, 9.17) is 9.84 Å². The molecule has 0 radical (unpaired) electrons. The lowest BCUT2D eigenvalue weighted by molar-refractivity contribution is 0.0308. The Kier molecular flexibility index (Phi) is 11.5.